The van der Waals surface area contributed by atoms with Crippen molar-refractivity contribution in [3.63, 3.8) is 0 Å². The maximum absolute atomic E-state index is 13.3. The van der Waals surface area contributed by atoms with E-state index in [2.05, 4.69) is 4.90 Å². The highest BCUT2D eigenvalue weighted by Gasteiger charge is 2.35. The summed E-state index contributed by atoms with van der Waals surface area (Å²) in [6, 6.07) is 13.4. The third-order valence-electron chi connectivity index (χ3n) is 5.14. The Morgan fingerprint density at radius 1 is 1.03 bits per heavy atom. The lowest BCUT2D eigenvalue weighted by atomic mass is 10.1. The number of piperazine rings is 1. The van der Waals surface area contributed by atoms with Gasteiger partial charge in [0.2, 0.25) is 15.9 Å². The van der Waals surface area contributed by atoms with Crippen LogP contribution in [0.3, 0.4) is 0 Å². The van der Waals surface area contributed by atoms with Crippen LogP contribution in [0.2, 0.25) is 10.0 Å². The summed E-state index contributed by atoms with van der Waals surface area (Å²) in [5, 5.41) is 1.08. The number of benzene rings is 2. The smallest absolute Gasteiger partial charge is 0.246 e. The molecule has 2 aromatic rings. The molecule has 0 aromatic heterocycles. The molecule has 0 N–H and O–H groups in total. The number of hydrogen-bond donors (Lipinski definition) is 0. The molecule has 1 aliphatic heterocycles. The summed E-state index contributed by atoms with van der Waals surface area (Å²) in [6.07, 6.45) is 1.47. The van der Waals surface area contributed by atoms with Gasteiger partial charge in [-0.1, -0.05) is 42.3 Å². The Morgan fingerprint density at radius 2 is 1.63 bits per heavy atom. The van der Waals surface area contributed by atoms with E-state index in [0.717, 1.165) is 11.9 Å². The number of amides is 1. The monoisotopic (exact) mass is 469 g/mol. The first-order valence-electron chi connectivity index (χ1n) is 9.75. The topological polar surface area (TPSA) is 60.9 Å². The molecule has 0 bridgehead atoms. The zero-order chi connectivity index (χ0) is 21.9. The van der Waals surface area contributed by atoms with E-state index in [-0.39, 0.29) is 5.91 Å². The molecule has 1 fully saturated rings. The minimum atomic E-state index is -3.69. The zero-order valence-corrected chi connectivity index (χ0v) is 19.3. The van der Waals surface area contributed by atoms with E-state index in [4.69, 9.17) is 23.2 Å². The van der Waals surface area contributed by atoms with Gasteiger partial charge >= 0.3 is 0 Å². The summed E-state index contributed by atoms with van der Waals surface area (Å²) in [5.41, 5.74) is 1.40. The van der Waals surface area contributed by atoms with Crippen molar-refractivity contribution in [1.29, 1.82) is 0 Å². The fraction of sp³-hybridized carbons (Fsp3) is 0.381. The van der Waals surface area contributed by atoms with Gasteiger partial charge in [-0.15, -0.1) is 0 Å². The number of nitrogens with zero attached hydrogens (tertiary/aromatic N) is 3. The van der Waals surface area contributed by atoms with Gasteiger partial charge < -0.3 is 9.80 Å². The number of anilines is 2. The fourth-order valence-electron chi connectivity index (χ4n) is 3.73. The number of sulfonamides is 1. The molecule has 1 aliphatic rings. The largest absolute Gasteiger partial charge is 0.368 e. The summed E-state index contributed by atoms with van der Waals surface area (Å²) in [6.45, 7) is 4.13. The SMILES string of the molecule is CC[C@@H](C(=O)N1CCN(c2cccc(Cl)c2)CC1)N(c1cccc(Cl)c1)S(C)(=O)=O. The number of carbonyl (C=O) groups is 1. The average Bonchev–Trinajstić information content (AvgIpc) is 2.70. The van der Waals surface area contributed by atoms with Crippen molar-refractivity contribution in [2.75, 3.05) is 41.6 Å². The molecule has 1 amide bonds. The second-order valence-electron chi connectivity index (χ2n) is 7.25. The van der Waals surface area contributed by atoms with Gasteiger partial charge in [0, 0.05) is 41.9 Å². The molecule has 0 saturated carbocycles. The molecule has 1 heterocycles. The standard InChI is InChI=1S/C21H25Cl2N3O3S/c1-3-20(26(30(2,28)29)19-9-5-7-17(23)15-19)21(27)25-12-10-24(11-13-25)18-8-4-6-16(22)14-18/h4-9,14-15,20H,3,10-13H2,1-2H3/t20-/m0/s1. The van der Waals surface area contributed by atoms with E-state index < -0.39 is 16.1 Å². The Kier molecular flexibility index (Phi) is 7.16. The third kappa shape index (κ3) is 5.20. The van der Waals surface area contributed by atoms with Crippen LogP contribution >= 0.6 is 23.2 Å². The highest BCUT2D eigenvalue weighted by atomic mass is 35.5. The van der Waals surface area contributed by atoms with Gasteiger partial charge in [0.25, 0.3) is 0 Å². The summed E-state index contributed by atoms with van der Waals surface area (Å²) < 4.78 is 26.4. The minimum absolute atomic E-state index is 0.200. The quantitative estimate of drug-likeness (QED) is 0.643. The molecular formula is C21H25Cl2N3O3S. The fourth-order valence-corrected chi connectivity index (χ4v) is 5.29. The second kappa shape index (κ2) is 9.45. The lowest BCUT2D eigenvalue weighted by Gasteiger charge is -2.39. The first-order valence-corrected chi connectivity index (χ1v) is 12.4. The summed E-state index contributed by atoms with van der Waals surface area (Å²) >= 11 is 12.2. The lowest BCUT2D eigenvalue weighted by molar-refractivity contribution is -0.132. The molecule has 30 heavy (non-hydrogen) atoms. The van der Waals surface area contributed by atoms with Crippen LogP contribution in [0.25, 0.3) is 0 Å². The van der Waals surface area contributed by atoms with Gasteiger partial charge in [-0.3, -0.25) is 9.10 Å². The molecule has 0 radical (unpaired) electrons. The Labute approximate surface area is 188 Å². The maximum atomic E-state index is 13.3. The van der Waals surface area contributed by atoms with E-state index in [9.17, 15) is 13.2 Å². The van der Waals surface area contributed by atoms with Crippen LogP contribution in [0.15, 0.2) is 48.5 Å². The van der Waals surface area contributed by atoms with Crippen molar-refractivity contribution in [2.45, 2.75) is 19.4 Å². The van der Waals surface area contributed by atoms with E-state index in [0.29, 0.717) is 48.3 Å². The van der Waals surface area contributed by atoms with Crippen molar-refractivity contribution in [2.24, 2.45) is 0 Å². The molecule has 3 rings (SSSR count). The zero-order valence-electron chi connectivity index (χ0n) is 17.0. The van der Waals surface area contributed by atoms with Gasteiger partial charge in [0.15, 0.2) is 0 Å². The third-order valence-corrected chi connectivity index (χ3v) is 6.79. The summed E-state index contributed by atoms with van der Waals surface area (Å²) in [4.78, 5) is 17.2. The summed E-state index contributed by atoms with van der Waals surface area (Å²) in [5.74, 6) is -0.200. The highest BCUT2D eigenvalue weighted by molar-refractivity contribution is 7.92. The van der Waals surface area contributed by atoms with Crippen LogP contribution in [0, 0.1) is 0 Å². The van der Waals surface area contributed by atoms with E-state index in [1.807, 2.05) is 31.2 Å². The molecule has 1 saturated heterocycles. The van der Waals surface area contributed by atoms with Crippen molar-refractivity contribution in [3.8, 4) is 0 Å². The van der Waals surface area contributed by atoms with Gasteiger partial charge in [-0.05, 0) is 42.8 Å². The Balaban J connectivity index is 1.78. The van der Waals surface area contributed by atoms with E-state index >= 15 is 0 Å². The maximum Gasteiger partial charge on any atom is 0.246 e. The predicted octanol–water partition coefficient (Wildman–Crippen LogP) is 3.89. The van der Waals surface area contributed by atoms with Crippen LogP contribution in [0.4, 0.5) is 11.4 Å². The van der Waals surface area contributed by atoms with Crippen molar-refractivity contribution in [3.05, 3.63) is 58.6 Å². The van der Waals surface area contributed by atoms with Crippen molar-refractivity contribution in [1.82, 2.24) is 4.90 Å². The van der Waals surface area contributed by atoms with Crippen molar-refractivity contribution < 1.29 is 13.2 Å². The number of rotatable bonds is 6. The second-order valence-corrected chi connectivity index (χ2v) is 9.99. The molecule has 0 aliphatic carbocycles. The number of hydrogen-bond acceptors (Lipinski definition) is 4. The van der Waals surface area contributed by atoms with Gasteiger partial charge in [0.05, 0.1) is 11.9 Å². The molecule has 2 aromatic carbocycles. The number of carbonyl (C=O) groups excluding carboxylic acids is 1. The van der Waals surface area contributed by atoms with Crippen molar-refractivity contribution >= 4 is 50.5 Å². The average molecular weight is 470 g/mol. The molecule has 0 spiro atoms. The molecule has 1 atom stereocenters. The minimum Gasteiger partial charge on any atom is -0.368 e. The van der Waals surface area contributed by atoms with Crippen LogP contribution in [0.5, 0.6) is 0 Å². The van der Waals surface area contributed by atoms with E-state index in [1.54, 1.807) is 29.2 Å². The predicted molar refractivity (Wildman–Crippen MR) is 123 cm³/mol. The molecule has 9 heteroatoms. The van der Waals surface area contributed by atoms with E-state index in [1.165, 1.54) is 4.31 Å². The normalized spacial score (nSPS) is 15.7. The van der Waals surface area contributed by atoms with Crippen LogP contribution in [-0.2, 0) is 14.8 Å². The Morgan fingerprint density at radius 3 is 2.17 bits per heavy atom. The summed E-state index contributed by atoms with van der Waals surface area (Å²) in [7, 11) is -3.69. The highest BCUT2D eigenvalue weighted by Crippen LogP contribution is 2.27. The van der Waals surface area contributed by atoms with Crippen LogP contribution < -0.4 is 9.21 Å². The first kappa shape index (κ1) is 22.7. The lowest BCUT2D eigenvalue weighted by Crippen LogP contribution is -2.56. The Hall–Kier alpha value is -1.96. The molecule has 6 nitrogen and oxygen atoms in total. The van der Waals surface area contributed by atoms with Gasteiger partial charge in [0.1, 0.15) is 6.04 Å². The van der Waals surface area contributed by atoms with Crippen LogP contribution in [-0.4, -0.2) is 57.7 Å². The Bertz CT molecular complexity index is 1010. The number of halogens is 2. The molecule has 0 unspecified atom stereocenters. The molecular weight excluding hydrogens is 445 g/mol. The van der Waals surface area contributed by atoms with Gasteiger partial charge in [-0.2, -0.15) is 0 Å². The first-order chi connectivity index (χ1) is 14.2. The molecule has 162 valence electrons. The van der Waals surface area contributed by atoms with Crippen LogP contribution in [0.1, 0.15) is 13.3 Å². The van der Waals surface area contributed by atoms with Gasteiger partial charge in [-0.25, -0.2) is 8.42 Å².